The average molecular weight is 364 g/mol. The lowest BCUT2D eigenvalue weighted by molar-refractivity contribution is -0.384. The summed E-state index contributed by atoms with van der Waals surface area (Å²) in [7, 11) is 3.28. The highest BCUT2D eigenvalue weighted by Gasteiger charge is 2.21. The van der Waals surface area contributed by atoms with E-state index in [1.165, 1.54) is 25.3 Å². The summed E-state index contributed by atoms with van der Waals surface area (Å²) in [5, 5.41) is 14.6. The molecule has 2 aromatic rings. The standard InChI is InChI=1S/C16H20N4O4S/c1-10(19(3)9-13-8-17-11(2)25-13)16(21)18-14-7-12(20(22)23)5-6-15(14)24-4/h5-8,10H,9H2,1-4H3,(H,18,21). The van der Waals surface area contributed by atoms with Crippen molar-refractivity contribution >= 4 is 28.6 Å². The quantitative estimate of drug-likeness (QED) is 0.599. The Kier molecular flexibility index (Phi) is 6.05. The number of carbonyl (C=O) groups excluding carboxylic acids is 1. The van der Waals surface area contributed by atoms with Gasteiger partial charge < -0.3 is 10.1 Å². The Morgan fingerprint density at radius 1 is 1.52 bits per heavy atom. The minimum Gasteiger partial charge on any atom is -0.495 e. The number of nitro groups is 1. The summed E-state index contributed by atoms with van der Waals surface area (Å²) < 4.78 is 5.16. The number of nitrogens with one attached hydrogen (secondary N) is 1. The summed E-state index contributed by atoms with van der Waals surface area (Å²) in [5.41, 5.74) is 0.160. The average Bonchev–Trinajstić information content (AvgIpc) is 2.98. The number of aromatic nitrogens is 1. The van der Waals surface area contributed by atoms with Crippen LogP contribution in [-0.2, 0) is 11.3 Å². The van der Waals surface area contributed by atoms with E-state index in [1.54, 1.807) is 24.5 Å². The van der Waals surface area contributed by atoms with Crippen LogP contribution in [0, 0.1) is 17.0 Å². The van der Waals surface area contributed by atoms with Gasteiger partial charge in [0.2, 0.25) is 5.91 Å². The number of thiazole rings is 1. The Hall–Kier alpha value is -2.52. The van der Waals surface area contributed by atoms with E-state index in [9.17, 15) is 14.9 Å². The molecule has 1 aromatic carbocycles. The molecule has 0 fully saturated rings. The van der Waals surface area contributed by atoms with E-state index in [4.69, 9.17) is 4.74 Å². The Bertz CT molecular complexity index is 777. The van der Waals surface area contributed by atoms with Crippen molar-refractivity contribution < 1.29 is 14.5 Å². The van der Waals surface area contributed by atoms with Gasteiger partial charge in [-0.3, -0.25) is 19.8 Å². The van der Waals surface area contributed by atoms with Crippen molar-refractivity contribution in [2.45, 2.75) is 26.4 Å². The molecule has 0 saturated heterocycles. The first kappa shape index (κ1) is 18.8. The summed E-state index contributed by atoms with van der Waals surface area (Å²) >= 11 is 1.58. The zero-order chi connectivity index (χ0) is 18.6. The second kappa shape index (κ2) is 8.04. The van der Waals surface area contributed by atoms with Crippen LogP contribution in [0.5, 0.6) is 5.75 Å². The maximum Gasteiger partial charge on any atom is 0.271 e. The van der Waals surface area contributed by atoms with Gasteiger partial charge in [0, 0.05) is 29.8 Å². The molecule has 25 heavy (non-hydrogen) atoms. The van der Waals surface area contributed by atoms with Gasteiger partial charge >= 0.3 is 0 Å². The summed E-state index contributed by atoms with van der Waals surface area (Å²) in [4.78, 5) is 30.1. The lowest BCUT2D eigenvalue weighted by Gasteiger charge is -2.23. The number of anilines is 1. The molecule has 0 bridgehead atoms. The third-order valence-electron chi connectivity index (χ3n) is 3.77. The third-order valence-corrected chi connectivity index (χ3v) is 4.66. The number of benzene rings is 1. The molecule has 1 atom stereocenters. The number of non-ortho nitro benzene ring substituents is 1. The molecule has 1 N–H and O–H groups in total. The molecule has 1 aromatic heterocycles. The van der Waals surface area contributed by atoms with Crippen LogP contribution in [0.25, 0.3) is 0 Å². The molecule has 1 unspecified atom stereocenters. The van der Waals surface area contributed by atoms with Crippen LogP contribution in [0.1, 0.15) is 16.8 Å². The van der Waals surface area contributed by atoms with E-state index < -0.39 is 11.0 Å². The van der Waals surface area contributed by atoms with Crippen LogP contribution >= 0.6 is 11.3 Å². The molecular formula is C16H20N4O4S. The normalized spacial score (nSPS) is 12.0. The van der Waals surface area contributed by atoms with Crippen molar-refractivity contribution in [3.05, 3.63) is 44.4 Å². The summed E-state index contributed by atoms with van der Waals surface area (Å²) in [5.74, 6) is 0.0921. The van der Waals surface area contributed by atoms with Crippen LogP contribution in [0.15, 0.2) is 24.4 Å². The predicted molar refractivity (Wildman–Crippen MR) is 96.1 cm³/mol. The van der Waals surface area contributed by atoms with Gasteiger partial charge in [-0.2, -0.15) is 0 Å². The number of ether oxygens (including phenoxy) is 1. The molecule has 0 aliphatic carbocycles. The topological polar surface area (TPSA) is 97.6 Å². The van der Waals surface area contributed by atoms with Gasteiger partial charge in [0.1, 0.15) is 5.75 Å². The first-order valence-corrected chi connectivity index (χ1v) is 8.38. The number of aryl methyl sites for hydroxylation is 1. The van der Waals surface area contributed by atoms with Crippen LogP contribution in [0.2, 0.25) is 0 Å². The molecule has 0 saturated carbocycles. The van der Waals surface area contributed by atoms with Gasteiger partial charge in [-0.15, -0.1) is 11.3 Å². The van der Waals surface area contributed by atoms with Crippen molar-refractivity contribution in [3.63, 3.8) is 0 Å². The Balaban J connectivity index is 2.09. The lowest BCUT2D eigenvalue weighted by Crippen LogP contribution is -2.39. The molecule has 134 valence electrons. The number of hydrogen-bond donors (Lipinski definition) is 1. The number of carbonyl (C=O) groups is 1. The maximum atomic E-state index is 12.5. The highest BCUT2D eigenvalue weighted by molar-refractivity contribution is 7.11. The Morgan fingerprint density at radius 2 is 2.24 bits per heavy atom. The summed E-state index contributed by atoms with van der Waals surface area (Å²) in [6, 6.07) is 3.64. The number of rotatable bonds is 7. The molecule has 1 amide bonds. The number of nitro benzene ring substituents is 1. The molecular weight excluding hydrogens is 344 g/mol. The van der Waals surface area contributed by atoms with Crippen LogP contribution in [-0.4, -0.2) is 40.9 Å². The van der Waals surface area contributed by atoms with Crippen molar-refractivity contribution in [1.82, 2.24) is 9.88 Å². The van der Waals surface area contributed by atoms with E-state index in [-0.39, 0.29) is 17.3 Å². The highest BCUT2D eigenvalue weighted by atomic mass is 32.1. The minimum absolute atomic E-state index is 0.114. The minimum atomic E-state index is -0.517. The molecule has 2 rings (SSSR count). The number of nitrogens with zero attached hydrogens (tertiary/aromatic N) is 3. The molecule has 0 radical (unpaired) electrons. The lowest BCUT2D eigenvalue weighted by atomic mass is 10.2. The number of amides is 1. The predicted octanol–water partition coefficient (Wildman–Crippen LogP) is 2.83. The molecule has 0 aliphatic rings. The number of likely N-dealkylation sites (N-methyl/N-ethyl adjacent to an activating group) is 1. The van der Waals surface area contributed by atoms with E-state index in [0.29, 0.717) is 12.3 Å². The monoisotopic (exact) mass is 364 g/mol. The molecule has 0 spiro atoms. The fourth-order valence-corrected chi connectivity index (χ4v) is 3.06. The van der Waals surface area contributed by atoms with Gasteiger partial charge in [0.05, 0.1) is 28.8 Å². The molecule has 0 aliphatic heterocycles. The van der Waals surface area contributed by atoms with Crippen molar-refractivity contribution in [2.75, 3.05) is 19.5 Å². The largest absolute Gasteiger partial charge is 0.495 e. The second-order valence-electron chi connectivity index (χ2n) is 5.57. The van der Waals surface area contributed by atoms with E-state index >= 15 is 0 Å². The first-order valence-electron chi connectivity index (χ1n) is 7.56. The SMILES string of the molecule is COc1ccc([N+](=O)[O-])cc1NC(=O)C(C)N(C)Cc1cnc(C)s1. The van der Waals surface area contributed by atoms with Crippen LogP contribution in [0.3, 0.4) is 0 Å². The number of hydrogen-bond acceptors (Lipinski definition) is 7. The summed E-state index contributed by atoms with van der Waals surface area (Å²) in [6.45, 7) is 4.29. The zero-order valence-corrected chi connectivity index (χ0v) is 15.3. The number of methoxy groups -OCH3 is 1. The third kappa shape index (κ3) is 4.74. The van der Waals surface area contributed by atoms with Crippen molar-refractivity contribution in [1.29, 1.82) is 0 Å². The second-order valence-corrected chi connectivity index (χ2v) is 6.89. The molecule has 8 nitrogen and oxygen atoms in total. The van der Waals surface area contributed by atoms with Gasteiger partial charge in [0.25, 0.3) is 5.69 Å². The smallest absolute Gasteiger partial charge is 0.271 e. The molecule has 9 heteroatoms. The Labute approximate surface area is 149 Å². The van der Waals surface area contributed by atoms with E-state index in [1.807, 2.05) is 18.9 Å². The van der Waals surface area contributed by atoms with Gasteiger partial charge in [-0.25, -0.2) is 4.98 Å². The fraction of sp³-hybridized carbons (Fsp3) is 0.375. The van der Waals surface area contributed by atoms with E-state index in [0.717, 1.165) is 9.88 Å². The van der Waals surface area contributed by atoms with Gasteiger partial charge in [-0.1, -0.05) is 0 Å². The first-order chi connectivity index (χ1) is 11.8. The van der Waals surface area contributed by atoms with Crippen molar-refractivity contribution in [2.24, 2.45) is 0 Å². The molecule has 1 heterocycles. The van der Waals surface area contributed by atoms with Crippen molar-refractivity contribution in [3.8, 4) is 5.75 Å². The van der Waals surface area contributed by atoms with E-state index in [2.05, 4.69) is 10.3 Å². The Morgan fingerprint density at radius 3 is 2.80 bits per heavy atom. The maximum absolute atomic E-state index is 12.5. The van der Waals surface area contributed by atoms with Crippen LogP contribution in [0.4, 0.5) is 11.4 Å². The van der Waals surface area contributed by atoms with Gasteiger partial charge in [-0.05, 0) is 27.0 Å². The summed E-state index contributed by atoms with van der Waals surface area (Å²) in [6.07, 6.45) is 1.80. The van der Waals surface area contributed by atoms with Gasteiger partial charge in [0.15, 0.2) is 0 Å². The fourth-order valence-electron chi connectivity index (χ4n) is 2.21. The highest BCUT2D eigenvalue weighted by Crippen LogP contribution is 2.29. The zero-order valence-electron chi connectivity index (χ0n) is 14.5. The van der Waals surface area contributed by atoms with Crippen LogP contribution < -0.4 is 10.1 Å².